The summed E-state index contributed by atoms with van der Waals surface area (Å²) in [4.78, 5) is 44.0. The van der Waals surface area contributed by atoms with Crippen molar-refractivity contribution in [3.8, 4) is 5.75 Å². The van der Waals surface area contributed by atoms with Crippen LogP contribution >= 0.6 is 0 Å². The summed E-state index contributed by atoms with van der Waals surface area (Å²) in [5.74, 6) is -3.63. The van der Waals surface area contributed by atoms with Crippen molar-refractivity contribution in [1.82, 2.24) is 4.90 Å². The van der Waals surface area contributed by atoms with E-state index in [2.05, 4.69) is 0 Å². The summed E-state index contributed by atoms with van der Waals surface area (Å²) in [5, 5.41) is 0. The number of amides is 2. The van der Waals surface area contributed by atoms with E-state index in [0.29, 0.717) is 16.2 Å². The molecule has 3 aromatic carbocycles. The molecule has 3 aromatic rings. The van der Waals surface area contributed by atoms with Crippen LogP contribution in [-0.4, -0.2) is 35.6 Å². The molecule has 0 spiro atoms. The highest BCUT2D eigenvalue weighted by molar-refractivity contribution is 6.25. The van der Waals surface area contributed by atoms with Crippen molar-refractivity contribution in [2.24, 2.45) is 11.8 Å². The Bertz CT molecular complexity index is 1500. The lowest BCUT2D eigenvalue weighted by atomic mass is 9.83. The van der Waals surface area contributed by atoms with Crippen LogP contribution in [0.1, 0.15) is 33.1 Å². The normalized spacial score (nSPS) is 23.8. The van der Waals surface area contributed by atoms with Gasteiger partial charge in [-0.05, 0) is 53.6 Å². The van der Waals surface area contributed by atoms with Crippen LogP contribution in [-0.2, 0) is 15.8 Å². The Morgan fingerprint density at radius 2 is 1.53 bits per heavy atom. The molecule has 0 saturated carbocycles. The number of halogens is 3. The number of carbonyl (C=O) groups is 3. The number of nitrogens with zero attached hydrogens (tertiary/aromatic N) is 2. The van der Waals surface area contributed by atoms with Gasteiger partial charge in [-0.1, -0.05) is 36.4 Å². The zero-order chi connectivity index (χ0) is 26.8. The summed E-state index contributed by atoms with van der Waals surface area (Å²) >= 11 is 0. The Hall–Kier alpha value is -4.40. The summed E-state index contributed by atoms with van der Waals surface area (Å²) in [6.07, 6.45) is -1.27. The smallest absolute Gasteiger partial charge is 0.418 e. The van der Waals surface area contributed by atoms with Crippen molar-refractivity contribution >= 4 is 29.4 Å². The first-order valence-corrected chi connectivity index (χ1v) is 12.0. The summed E-state index contributed by atoms with van der Waals surface area (Å²) in [5.41, 5.74) is 0.255. The molecule has 9 heteroatoms. The molecule has 4 atom stereocenters. The van der Waals surface area contributed by atoms with E-state index in [4.69, 9.17) is 4.74 Å². The van der Waals surface area contributed by atoms with E-state index in [1.54, 1.807) is 41.4 Å². The summed E-state index contributed by atoms with van der Waals surface area (Å²) in [7, 11) is 1.50. The van der Waals surface area contributed by atoms with Gasteiger partial charge in [-0.2, -0.15) is 13.2 Å². The van der Waals surface area contributed by atoms with Crippen LogP contribution in [0.25, 0.3) is 6.08 Å². The molecule has 6 rings (SSSR count). The first-order valence-electron chi connectivity index (χ1n) is 12.0. The molecule has 4 unspecified atom stereocenters. The van der Waals surface area contributed by atoms with Crippen molar-refractivity contribution in [2.45, 2.75) is 18.3 Å². The standard InChI is InChI=1S/C29H21F3N2O4/c1-38-18-12-10-17(11-13-18)26(35)25-23-22(24-19-7-3-2-6-16(19)14-15-33(24)25)27(36)34(28(23)37)21-9-5-4-8-20(21)29(30,31)32/h2-15,22-25H,1H3. The maximum Gasteiger partial charge on any atom is 0.418 e. The van der Waals surface area contributed by atoms with Gasteiger partial charge in [-0.15, -0.1) is 0 Å². The number of alkyl halides is 3. The minimum Gasteiger partial charge on any atom is -0.497 e. The van der Waals surface area contributed by atoms with Crippen LogP contribution in [0.15, 0.2) is 79.0 Å². The van der Waals surface area contributed by atoms with Crippen molar-refractivity contribution in [3.05, 3.63) is 101 Å². The Labute approximate surface area is 215 Å². The second-order valence-electron chi connectivity index (χ2n) is 9.45. The molecule has 2 amide bonds. The maximum absolute atomic E-state index is 13.9. The molecule has 192 valence electrons. The number of para-hydroxylation sites is 1. The Kier molecular flexibility index (Phi) is 5.41. The van der Waals surface area contributed by atoms with E-state index in [-0.39, 0.29) is 0 Å². The van der Waals surface area contributed by atoms with E-state index in [1.807, 2.05) is 24.3 Å². The number of imide groups is 1. The van der Waals surface area contributed by atoms with E-state index < -0.39 is 58.9 Å². The lowest BCUT2D eigenvalue weighted by Gasteiger charge is -2.35. The molecule has 3 heterocycles. The minimum atomic E-state index is -4.78. The van der Waals surface area contributed by atoms with Crippen LogP contribution in [0.3, 0.4) is 0 Å². The molecule has 0 aromatic heterocycles. The number of hydrogen-bond donors (Lipinski definition) is 0. The third-order valence-electron chi connectivity index (χ3n) is 7.56. The summed E-state index contributed by atoms with van der Waals surface area (Å²) in [6, 6.07) is 16.4. The maximum atomic E-state index is 13.9. The van der Waals surface area contributed by atoms with Gasteiger partial charge in [0.25, 0.3) is 0 Å². The second kappa shape index (κ2) is 8.58. The Balaban J connectivity index is 1.50. The molecule has 2 saturated heterocycles. The average molecular weight is 518 g/mol. The number of anilines is 1. The summed E-state index contributed by atoms with van der Waals surface area (Å²) < 4.78 is 46.8. The first kappa shape index (κ1) is 24.0. The molecule has 6 nitrogen and oxygen atoms in total. The van der Waals surface area contributed by atoms with Crippen LogP contribution in [0, 0.1) is 11.8 Å². The third-order valence-corrected chi connectivity index (χ3v) is 7.56. The van der Waals surface area contributed by atoms with E-state index in [1.165, 1.54) is 19.2 Å². The number of methoxy groups -OCH3 is 1. The van der Waals surface area contributed by atoms with Crippen molar-refractivity contribution < 1.29 is 32.3 Å². The highest BCUT2D eigenvalue weighted by Gasteiger charge is 2.65. The Morgan fingerprint density at radius 1 is 0.868 bits per heavy atom. The van der Waals surface area contributed by atoms with E-state index in [9.17, 15) is 27.6 Å². The van der Waals surface area contributed by atoms with Crippen LogP contribution in [0.4, 0.5) is 18.9 Å². The van der Waals surface area contributed by atoms with Crippen LogP contribution < -0.4 is 9.64 Å². The number of Topliss-reactive ketones (excluding diaryl/α,β-unsaturated/α-hetero) is 1. The number of fused-ring (bicyclic) bond motifs is 5. The molecule has 0 bridgehead atoms. The van der Waals surface area contributed by atoms with Gasteiger partial charge in [0.15, 0.2) is 5.78 Å². The number of ketones is 1. The molecule has 3 aliphatic heterocycles. The van der Waals surface area contributed by atoms with Crippen molar-refractivity contribution in [3.63, 3.8) is 0 Å². The van der Waals surface area contributed by atoms with E-state index >= 15 is 0 Å². The molecule has 0 N–H and O–H groups in total. The molecule has 38 heavy (non-hydrogen) atoms. The largest absolute Gasteiger partial charge is 0.497 e. The van der Waals surface area contributed by atoms with Gasteiger partial charge in [0.1, 0.15) is 11.8 Å². The zero-order valence-electron chi connectivity index (χ0n) is 20.1. The predicted molar refractivity (Wildman–Crippen MR) is 132 cm³/mol. The quantitative estimate of drug-likeness (QED) is 0.355. The first-order chi connectivity index (χ1) is 18.2. The minimum absolute atomic E-state index is 0.303. The van der Waals surface area contributed by atoms with Gasteiger partial charge in [0.2, 0.25) is 11.8 Å². The van der Waals surface area contributed by atoms with Gasteiger partial charge in [-0.25, -0.2) is 4.90 Å². The van der Waals surface area contributed by atoms with Gasteiger partial charge in [0, 0.05) is 11.8 Å². The fraction of sp³-hybridized carbons (Fsp3) is 0.207. The van der Waals surface area contributed by atoms with Crippen LogP contribution in [0.5, 0.6) is 5.75 Å². The SMILES string of the molecule is COc1ccc(C(=O)C2C3C(=O)N(c4ccccc4C(F)(F)F)C(=O)C3C3c4ccccc4C=CN23)cc1. The fourth-order valence-corrected chi connectivity index (χ4v) is 5.93. The number of carbonyl (C=O) groups excluding carboxylic acids is 3. The molecule has 0 radical (unpaired) electrons. The van der Waals surface area contributed by atoms with Gasteiger partial charge >= 0.3 is 6.18 Å². The molecule has 3 aliphatic rings. The molecule has 0 aliphatic carbocycles. The monoisotopic (exact) mass is 518 g/mol. The van der Waals surface area contributed by atoms with Gasteiger partial charge < -0.3 is 9.64 Å². The lowest BCUT2D eigenvalue weighted by Crippen LogP contribution is -2.44. The molecular formula is C29H21F3N2O4. The molecule has 2 fully saturated rings. The highest BCUT2D eigenvalue weighted by atomic mass is 19.4. The number of benzene rings is 3. The predicted octanol–water partition coefficient (Wildman–Crippen LogP) is 5.11. The number of ether oxygens (including phenoxy) is 1. The van der Waals surface area contributed by atoms with Crippen LogP contribution in [0.2, 0.25) is 0 Å². The average Bonchev–Trinajstić information content (AvgIpc) is 3.40. The highest BCUT2D eigenvalue weighted by Crippen LogP contribution is 2.54. The zero-order valence-corrected chi connectivity index (χ0v) is 20.1. The van der Waals surface area contributed by atoms with Crippen molar-refractivity contribution in [1.29, 1.82) is 0 Å². The van der Waals surface area contributed by atoms with E-state index in [0.717, 1.165) is 23.3 Å². The van der Waals surface area contributed by atoms with Gasteiger partial charge in [-0.3, -0.25) is 14.4 Å². The fourth-order valence-electron chi connectivity index (χ4n) is 5.93. The lowest BCUT2D eigenvalue weighted by molar-refractivity contribution is -0.137. The number of hydrogen-bond acceptors (Lipinski definition) is 5. The molecular weight excluding hydrogens is 497 g/mol. The summed E-state index contributed by atoms with van der Waals surface area (Å²) in [6.45, 7) is 0. The Morgan fingerprint density at radius 3 is 2.24 bits per heavy atom. The number of rotatable bonds is 4. The topological polar surface area (TPSA) is 66.9 Å². The second-order valence-corrected chi connectivity index (χ2v) is 9.45. The van der Waals surface area contributed by atoms with Crippen molar-refractivity contribution in [2.75, 3.05) is 12.0 Å². The van der Waals surface area contributed by atoms with Gasteiger partial charge in [0.05, 0.1) is 36.2 Å². The third kappa shape index (κ3) is 3.45.